The number of benzene rings is 1. The predicted octanol–water partition coefficient (Wildman–Crippen LogP) is 3.31. The van der Waals surface area contributed by atoms with E-state index in [4.69, 9.17) is 5.41 Å². The summed E-state index contributed by atoms with van der Waals surface area (Å²) in [6.45, 7) is 5.03. The number of hydrogen-bond donors (Lipinski definition) is 2. The Morgan fingerprint density at radius 1 is 1.05 bits per heavy atom. The maximum atomic E-state index is 8.14. The molecule has 2 aromatic heterocycles. The van der Waals surface area contributed by atoms with Gasteiger partial charge in [-0.3, -0.25) is 5.41 Å². The fourth-order valence-corrected chi connectivity index (χ4v) is 2.63. The molecule has 0 aliphatic heterocycles. The van der Waals surface area contributed by atoms with Gasteiger partial charge in [-0.25, -0.2) is 0 Å². The number of nitrogens with zero attached hydrogens (tertiary/aromatic N) is 1. The maximum Gasteiger partial charge on any atom is 0.126 e. The highest BCUT2D eigenvalue weighted by atomic mass is 15.0. The Bertz CT molecular complexity index is 794. The number of aromatic nitrogens is 2. The van der Waals surface area contributed by atoms with E-state index in [9.17, 15) is 0 Å². The lowest BCUT2D eigenvalue weighted by molar-refractivity contribution is 0.671. The third kappa shape index (κ3) is 2.16. The third-order valence-electron chi connectivity index (χ3n) is 3.96. The van der Waals surface area contributed by atoms with E-state index < -0.39 is 0 Å². The molecule has 0 aliphatic rings. The van der Waals surface area contributed by atoms with Crippen LogP contribution >= 0.6 is 0 Å². The fourth-order valence-electron chi connectivity index (χ4n) is 2.63. The van der Waals surface area contributed by atoms with Gasteiger partial charge in [-0.1, -0.05) is 30.3 Å². The fraction of sp³-hybridized carbons (Fsp3) is 0.235. The van der Waals surface area contributed by atoms with Gasteiger partial charge in [-0.2, -0.15) is 0 Å². The first-order valence-corrected chi connectivity index (χ1v) is 6.94. The maximum absolute atomic E-state index is 8.14. The second-order valence-electron chi connectivity index (χ2n) is 5.24. The standard InChI is InChI=1S/C17H19N3/c1-12-13(2)19-17-15(12)8-9-16(18)20(17)11-10-14-6-4-3-5-7-14/h3-9,18-19H,10-11H2,1-2H3. The normalized spacial score (nSPS) is 11.1. The number of fused-ring (bicyclic) bond motifs is 1. The molecule has 0 fully saturated rings. The highest BCUT2D eigenvalue weighted by Crippen LogP contribution is 2.19. The molecule has 3 aromatic rings. The van der Waals surface area contributed by atoms with Crippen molar-refractivity contribution in [1.29, 1.82) is 5.41 Å². The first-order chi connectivity index (χ1) is 9.66. The number of aromatic amines is 1. The molecule has 3 rings (SSSR count). The molecule has 0 saturated carbocycles. The first kappa shape index (κ1) is 12.7. The molecule has 0 atom stereocenters. The second kappa shape index (κ2) is 5.00. The summed E-state index contributed by atoms with van der Waals surface area (Å²) in [7, 11) is 0. The Hall–Kier alpha value is -2.29. The van der Waals surface area contributed by atoms with Crippen LogP contribution in [-0.4, -0.2) is 9.55 Å². The van der Waals surface area contributed by atoms with Gasteiger partial charge in [0.25, 0.3) is 0 Å². The van der Waals surface area contributed by atoms with E-state index in [0.717, 1.165) is 18.6 Å². The van der Waals surface area contributed by atoms with Crippen molar-refractivity contribution < 1.29 is 0 Å². The molecule has 0 spiro atoms. The van der Waals surface area contributed by atoms with Crippen molar-refractivity contribution in [3.63, 3.8) is 0 Å². The van der Waals surface area contributed by atoms with Crippen LogP contribution in [0.1, 0.15) is 16.8 Å². The predicted molar refractivity (Wildman–Crippen MR) is 81.8 cm³/mol. The van der Waals surface area contributed by atoms with Crippen LogP contribution in [0.25, 0.3) is 11.0 Å². The van der Waals surface area contributed by atoms with Crippen molar-refractivity contribution in [2.45, 2.75) is 26.8 Å². The molecule has 3 heteroatoms. The minimum atomic E-state index is 0.551. The molecule has 0 aliphatic carbocycles. The molecular formula is C17H19N3. The van der Waals surface area contributed by atoms with Gasteiger partial charge in [0.05, 0.1) is 0 Å². The van der Waals surface area contributed by atoms with Gasteiger partial charge in [0.2, 0.25) is 0 Å². The molecule has 0 amide bonds. The summed E-state index contributed by atoms with van der Waals surface area (Å²) in [4.78, 5) is 3.42. The van der Waals surface area contributed by atoms with Crippen molar-refractivity contribution in [3.05, 3.63) is 64.8 Å². The summed E-state index contributed by atoms with van der Waals surface area (Å²) in [5.41, 5.74) is 5.36. The molecular weight excluding hydrogens is 246 g/mol. The number of nitrogens with one attached hydrogen (secondary N) is 2. The van der Waals surface area contributed by atoms with Crippen molar-refractivity contribution in [3.8, 4) is 0 Å². The monoisotopic (exact) mass is 265 g/mol. The van der Waals surface area contributed by atoms with E-state index in [2.05, 4.69) is 47.7 Å². The number of H-pyrrole nitrogens is 1. The van der Waals surface area contributed by atoms with Gasteiger partial charge in [0.1, 0.15) is 11.1 Å². The number of hydrogen-bond acceptors (Lipinski definition) is 1. The summed E-state index contributed by atoms with van der Waals surface area (Å²) in [5.74, 6) is 0. The van der Waals surface area contributed by atoms with Crippen molar-refractivity contribution in [2.75, 3.05) is 0 Å². The average molecular weight is 265 g/mol. The van der Waals surface area contributed by atoms with Crippen molar-refractivity contribution in [2.24, 2.45) is 0 Å². The van der Waals surface area contributed by atoms with Gasteiger partial charge in [0.15, 0.2) is 0 Å². The van der Waals surface area contributed by atoms with E-state index in [1.165, 1.54) is 22.2 Å². The molecule has 102 valence electrons. The molecule has 3 nitrogen and oxygen atoms in total. The van der Waals surface area contributed by atoms with Crippen molar-refractivity contribution >= 4 is 11.0 Å². The molecule has 0 bridgehead atoms. The van der Waals surface area contributed by atoms with Gasteiger partial charge in [-0.05, 0) is 43.5 Å². The van der Waals surface area contributed by atoms with E-state index in [1.807, 2.05) is 18.2 Å². The summed E-state index contributed by atoms with van der Waals surface area (Å²) in [6.07, 6.45) is 0.938. The van der Waals surface area contributed by atoms with Crippen LogP contribution in [0.4, 0.5) is 0 Å². The van der Waals surface area contributed by atoms with Crippen LogP contribution in [0.3, 0.4) is 0 Å². The lowest BCUT2D eigenvalue weighted by Gasteiger charge is -2.09. The molecule has 0 unspecified atom stereocenters. The van der Waals surface area contributed by atoms with Gasteiger partial charge in [-0.15, -0.1) is 0 Å². The van der Waals surface area contributed by atoms with E-state index in [0.29, 0.717) is 5.49 Å². The topological polar surface area (TPSA) is 44.6 Å². The highest BCUT2D eigenvalue weighted by Gasteiger charge is 2.08. The Kier molecular flexibility index (Phi) is 3.18. The van der Waals surface area contributed by atoms with Gasteiger partial charge >= 0.3 is 0 Å². The molecule has 0 saturated heterocycles. The lowest BCUT2D eigenvalue weighted by atomic mass is 10.1. The quantitative estimate of drug-likeness (QED) is 0.730. The van der Waals surface area contributed by atoms with Crippen LogP contribution in [0.5, 0.6) is 0 Å². The largest absolute Gasteiger partial charge is 0.345 e. The Balaban J connectivity index is 2.00. The summed E-state index contributed by atoms with van der Waals surface area (Å²) >= 11 is 0. The Labute approximate surface area is 118 Å². The third-order valence-corrected chi connectivity index (χ3v) is 3.96. The Morgan fingerprint density at radius 2 is 1.80 bits per heavy atom. The average Bonchev–Trinajstić information content (AvgIpc) is 2.75. The second-order valence-corrected chi connectivity index (χ2v) is 5.24. The zero-order valence-electron chi connectivity index (χ0n) is 11.9. The molecule has 0 radical (unpaired) electrons. The smallest absolute Gasteiger partial charge is 0.126 e. The number of pyridine rings is 1. The van der Waals surface area contributed by atoms with E-state index >= 15 is 0 Å². The summed E-state index contributed by atoms with van der Waals surface area (Å²) in [5, 5.41) is 9.36. The first-order valence-electron chi connectivity index (χ1n) is 6.94. The van der Waals surface area contributed by atoms with Crippen LogP contribution < -0.4 is 5.49 Å². The highest BCUT2D eigenvalue weighted by molar-refractivity contribution is 5.81. The van der Waals surface area contributed by atoms with Crippen molar-refractivity contribution in [1.82, 2.24) is 9.55 Å². The minimum Gasteiger partial charge on any atom is -0.345 e. The van der Waals surface area contributed by atoms with Crippen LogP contribution in [0, 0.1) is 19.3 Å². The van der Waals surface area contributed by atoms with Gasteiger partial charge in [0, 0.05) is 17.6 Å². The van der Waals surface area contributed by atoms with E-state index in [-0.39, 0.29) is 0 Å². The summed E-state index contributed by atoms with van der Waals surface area (Å²) in [6, 6.07) is 14.3. The number of rotatable bonds is 3. The van der Waals surface area contributed by atoms with Crippen LogP contribution in [0.2, 0.25) is 0 Å². The SMILES string of the molecule is Cc1[nH]c2c(ccc(=N)n2CCc2ccccc2)c1C. The van der Waals surface area contributed by atoms with Crippen LogP contribution in [-0.2, 0) is 13.0 Å². The number of aryl methyl sites for hydroxylation is 4. The van der Waals surface area contributed by atoms with E-state index in [1.54, 1.807) is 0 Å². The summed E-state index contributed by atoms with van der Waals surface area (Å²) < 4.78 is 2.06. The lowest BCUT2D eigenvalue weighted by Crippen LogP contribution is -2.20. The molecule has 1 aromatic carbocycles. The minimum absolute atomic E-state index is 0.551. The zero-order chi connectivity index (χ0) is 14.1. The zero-order valence-corrected chi connectivity index (χ0v) is 11.9. The molecule has 2 N–H and O–H groups in total. The molecule has 20 heavy (non-hydrogen) atoms. The van der Waals surface area contributed by atoms with Gasteiger partial charge < -0.3 is 9.55 Å². The Morgan fingerprint density at radius 3 is 2.55 bits per heavy atom. The van der Waals surface area contributed by atoms with Crippen LogP contribution in [0.15, 0.2) is 42.5 Å². The molecule has 2 heterocycles.